The predicted molar refractivity (Wildman–Crippen MR) is 133 cm³/mol. The summed E-state index contributed by atoms with van der Waals surface area (Å²) in [4.78, 5) is 31.3. The molecule has 162 valence electrons. The van der Waals surface area contributed by atoms with Gasteiger partial charge in [-0.2, -0.15) is 0 Å². The van der Waals surface area contributed by atoms with Crippen LogP contribution in [-0.4, -0.2) is 21.1 Å². The van der Waals surface area contributed by atoms with Gasteiger partial charge in [-0.15, -0.1) is 0 Å². The molecule has 1 aromatic heterocycles. The van der Waals surface area contributed by atoms with E-state index < -0.39 is 0 Å². The van der Waals surface area contributed by atoms with Crippen LogP contribution in [0.4, 0.5) is 0 Å². The van der Waals surface area contributed by atoms with E-state index in [1.807, 2.05) is 77.1 Å². The zero-order valence-electron chi connectivity index (χ0n) is 19.0. The molecule has 3 aromatic carbocycles. The molecule has 0 spiro atoms. The quantitative estimate of drug-likeness (QED) is 0.219. The van der Waals surface area contributed by atoms with E-state index in [0.29, 0.717) is 16.1 Å². The van der Waals surface area contributed by atoms with Crippen LogP contribution in [0.2, 0.25) is 0 Å². The number of ketones is 1. The van der Waals surface area contributed by atoms with Crippen LogP contribution in [0, 0.1) is 34.6 Å². The molecule has 0 bridgehead atoms. The minimum Gasteiger partial charge on any atom is -0.293 e. The Balaban J connectivity index is 1.79. The summed E-state index contributed by atoms with van der Waals surface area (Å²) in [6, 6.07) is 17.4. The van der Waals surface area contributed by atoms with Crippen molar-refractivity contribution >= 4 is 28.4 Å². The van der Waals surface area contributed by atoms with Gasteiger partial charge < -0.3 is 0 Å². The number of aryl methyl sites for hydroxylation is 5. The van der Waals surface area contributed by atoms with Crippen LogP contribution in [-0.2, 0) is 0 Å². The lowest BCUT2D eigenvalue weighted by molar-refractivity contribution is 0.102. The summed E-state index contributed by atoms with van der Waals surface area (Å²) in [6.07, 6.45) is 0. The predicted octanol–water partition coefficient (Wildman–Crippen LogP) is 5.90. The summed E-state index contributed by atoms with van der Waals surface area (Å²) >= 11 is 1.31. The highest BCUT2D eigenvalue weighted by atomic mass is 32.2. The van der Waals surface area contributed by atoms with Crippen molar-refractivity contribution in [2.45, 2.75) is 39.8 Å². The van der Waals surface area contributed by atoms with E-state index in [-0.39, 0.29) is 17.1 Å². The van der Waals surface area contributed by atoms with Crippen molar-refractivity contribution in [1.82, 2.24) is 9.55 Å². The highest BCUT2D eigenvalue weighted by molar-refractivity contribution is 7.99. The van der Waals surface area contributed by atoms with Crippen LogP contribution in [0.5, 0.6) is 0 Å². The van der Waals surface area contributed by atoms with Crippen LogP contribution in [0.15, 0.2) is 64.5 Å². The molecule has 1 heterocycles. The van der Waals surface area contributed by atoms with Gasteiger partial charge in [0.05, 0.1) is 22.3 Å². The number of hydrogen-bond acceptors (Lipinski definition) is 4. The fourth-order valence-corrected chi connectivity index (χ4v) is 4.88. The Kier molecular flexibility index (Phi) is 6.02. The maximum atomic E-state index is 13.4. The lowest BCUT2D eigenvalue weighted by atomic mass is 9.99. The van der Waals surface area contributed by atoms with E-state index >= 15 is 0 Å². The molecule has 0 radical (unpaired) electrons. The summed E-state index contributed by atoms with van der Waals surface area (Å²) in [7, 11) is 0. The Morgan fingerprint density at radius 3 is 2.25 bits per heavy atom. The van der Waals surface area contributed by atoms with Crippen molar-refractivity contribution < 1.29 is 4.79 Å². The highest BCUT2D eigenvalue weighted by Gasteiger charge is 2.17. The standard InChI is InChI=1S/C27H26N2O2S/c1-16-10-17(2)12-21(11-16)29-26(31)22-8-6-7-9-24(22)28-27(29)32-15-25(30)23-14-19(4)18(3)13-20(23)5/h6-14H,15H2,1-5H3. The van der Waals surface area contributed by atoms with Crippen LogP contribution in [0.25, 0.3) is 16.6 Å². The topological polar surface area (TPSA) is 52.0 Å². The largest absolute Gasteiger partial charge is 0.293 e. The average Bonchev–Trinajstić information content (AvgIpc) is 2.74. The molecule has 0 unspecified atom stereocenters. The number of hydrogen-bond donors (Lipinski definition) is 0. The summed E-state index contributed by atoms with van der Waals surface area (Å²) in [5, 5.41) is 1.08. The minimum atomic E-state index is -0.127. The van der Waals surface area contributed by atoms with Crippen molar-refractivity contribution in [3.8, 4) is 5.69 Å². The number of para-hydroxylation sites is 1. The minimum absolute atomic E-state index is 0.0324. The number of nitrogens with zero attached hydrogens (tertiary/aromatic N) is 2. The van der Waals surface area contributed by atoms with Crippen molar-refractivity contribution in [3.63, 3.8) is 0 Å². The first-order valence-corrected chi connectivity index (χ1v) is 11.6. The van der Waals surface area contributed by atoms with E-state index in [4.69, 9.17) is 4.98 Å². The third kappa shape index (κ3) is 4.26. The average molecular weight is 443 g/mol. The Bertz CT molecular complexity index is 1400. The van der Waals surface area contributed by atoms with Crippen LogP contribution in [0.1, 0.15) is 38.2 Å². The highest BCUT2D eigenvalue weighted by Crippen LogP contribution is 2.25. The Morgan fingerprint density at radius 1 is 0.875 bits per heavy atom. The van der Waals surface area contributed by atoms with Crippen molar-refractivity contribution in [1.29, 1.82) is 0 Å². The van der Waals surface area contributed by atoms with Crippen LogP contribution >= 0.6 is 11.8 Å². The number of aromatic nitrogens is 2. The molecule has 4 aromatic rings. The normalized spacial score (nSPS) is 11.2. The lowest BCUT2D eigenvalue weighted by Crippen LogP contribution is -2.22. The van der Waals surface area contributed by atoms with Gasteiger partial charge >= 0.3 is 0 Å². The summed E-state index contributed by atoms with van der Waals surface area (Å²) < 4.78 is 1.63. The number of thioether (sulfide) groups is 1. The Hall–Kier alpha value is -3.18. The molecule has 0 atom stereocenters. The number of rotatable bonds is 5. The first kappa shape index (κ1) is 22.0. The van der Waals surface area contributed by atoms with E-state index in [9.17, 15) is 9.59 Å². The second-order valence-electron chi connectivity index (χ2n) is 8.36. The fourth-order valence-electron chi connectivity index (χ4n) is 3.99. The molecule has 0 aliphatic heterocycles. The molecule has 0 N–H and O–H groups in total. The van der Waals surface area contributed by atoms with Gasteiger partial charge in [-0.1, -0.05) is 36.0 Å². The van der Waals surface area contributed by atoms with Gasteiger partial charge in [-0.05, 0) is 92.8 Å². The SMILES string of the molecule is Cc1cc(C)cc(-n2c(SCC(=O)c3cc(C)c(C)cc3C)nc3ccccc3c2=O)c1. The van der Waals surface area contributed by atoms with E-state index in [2.05, 4.69) is 6.07 Å². The first-order valence-electron chi connectivity index (χ1n) is 10.6. The van der Waals surface area contributed by atoms with E-state index in [1.54, 1.807) is 10.6 Å². The molecule has 0 aliphatic rings. The number of carbonyl (C=O) groups is 1. The summed E-state index contributed by atoms with van der Waals surface area (Å²) in [5.74, 6) is 0.240. The molecule has 4 rings (SSSR count). The van der Waals surface area contributed by atoms with Gasteiger partial charge in [-0.25, -0.2) is 4.98 Å². The number of benzene rings is 3. The lowest BCUT2D eigenvalue weighted by Gasteiger charge is -2.15. The Morgan fingerprint density at radius 2 is 1.53 bits per heavy atom. The van der Waals surface area contributed by atoms with Gasteiger partial charge in [0.15, 0.2) is 10.9 Å². The van der Waals surface area contributed by atoms with Crippen molar-refractivity contribution in [3.05, 3.63) is 98.3 Å². The molecule has 32 heavy (non-hydrogen) atoms. The molecule has 0 saturated carbocycles. The second-order valence-corrected chi connectivity index (χ2v) is 9.30. The maximum Gasteiger partial charge on any atom is 0.266 e. The molecular weight excluding hydrogens is 416 g/mol. The number of carbonyl (C=O) groups excluding carboxylic acids is 1. The third-order valence-electron chi connectivity index (χ3n) is 5.68. The molecular formula is C27H26N2O2S. The Labute approximate surface area is 192 Å². The van der Waals surface area contributed by atoms with Gasteiger partial charge in [0, 0.05) is 5.56 Å². The first-order chi connectivity index (χ1) is 15.2. The molecule has 0 fully saturated rings. The van der Waals surface area contributed by atoms with Gasteiger partial charge in [0.25, 0.3) is 5.56 Å². The molecule has 5 heteroatoms. The third-order valence-corrected chi connectivity index (χ3v) is 6.62. The fraction of sp³-hybridized carbons (Fsp3) is 0.222. The molecule has 0 amide bonds. The monoisotopic (exact) mass is 442 g/mol. The zero-order valence-corrected chi connectivity index (χ0v) is 19.8. The van der Waals surface area contributed by atoms with Gasteiger partial charge in [0.2, 0.25) is 0 Å². The molecule has 0 saturated heterocycles. The number of Topliss-reactive ketones (excluding diaryl/α,β-unsaturated/α-hetero) is 1. The van der Waals surface area contributed by atoms with Crippen molar-refractivity contribution in [2.75, 3.05) is 5.75 Å². The maximum absolute atomic E-state index is 13.4. The number of fused-ring (bicyclic) bond motifs is 1. The smallest absolute Gasteiger partial charge is 0.266 e. The second kappa shape index (κ2) is 8.75. The van der Waals surface area contributed by atoms with Gasteiger partial charge in [0.1, 0.15) is 0 Å². The van der Waals surface area contributed by atoms with E-state index in [1.165, 1.54) is 17.3 Å². The van der Waals surface area contributed by atoms with Gasteiger partial charge in [-0.3, -0.25) is 14.2 Å². The zero-order chi connectivity index (χ0) is 23.0. The summed E-state index contributed by atoms with van der Waals surface area (Å²) in [5.41, 5.74) is 7.37. The van der Waals surface area contributed by atoms with Crippen molar-refractivity contribution in [2.24, 2.45) is 0 Å². The van der Waals surface area contributed by atoms with E-state index in [0.717, 1.165) is 33.5 Å². The molecule has 0 aliphatic carbocycles. The molecule has 4 nitrogen and oxygen atoms in total. The van der Waals surface area contributed by atoms with Crippen LogP contribution < -0.4 is 5.56 Å². The van der Waals surface area contributed by atoms with Crippen LogP contribution in [0.3, 0.4) is 0 Å². The summed E-state index contributed by atoms with van der Waals surface area (Å²) in [6.45, 7) is 10.0.